The van der Waals surface area contributed by atoms with Crippen molar-refractivity contribution < 1.29 is 9.18 Å². The van der Waals surface area contributed by atoms with E-state index >= 15 is 0 Å². The van der Waals surface area contributed by atoms with Crippen LogP contribution in [-0.4, -0.2) is 62.1 Å². The Morgan fingerprint density at radius 1 is 0.939 bits per heavy atom. The van der Waals surface area contributed by atoms with Crippen molar-refractivity contribution in [3.63, 3.8) is 0 Å². The van der Waals surface area contributed by atoms with Crippen molar-refractivity contribution in [2.45, 2.75) is 57.7 Å². The van der Waals surface area contributed by atoms with Crippen molar-refractivity contribution in [1.82, 2.24) is 34.6 Å². The van der Waals surface area contributed by atoms with Gasteiger partial charge in [0.2, 0.25) is 0 Å². The fraction of sp³-hybridized carbons (Fsp3) is 0.342. The number of benzene rings is 2. The number of carbonyl (C=O) groups is 1. The van der Waals surface area contributed by atoms with E-state index in [1.165, 1.54) is 14.7 Å². The molecule has 4 heterocycles. The molecule has 49 heavy (non-hydrogen) atoms. The molecular weight excluding hydrogens is 621 g/mol. The van der Waals surface area contributed by atoms with Gasteiger partial charge >= 0.3 is 5.69 Å². The largest absolute Gasteiger partial charge is 0.348 e. The normalized spacial score (nSPS) is 18.7. The molecule has 10 nitrogen and oxygen atoms in total. The number of aryl methyl sites for hydroxylation is 1. The molecule has 7 rings (SSSR count). The van der Waals surface area contributed by atoms with Crippen molar-refractivity contribution >= 4 is 16.9 Å². The van der Waals surface area contributed by atoms with E-state index < -0.39 is 23.1 Å². The molecule has 3 aromatic heterocycles. The summed E-state index contributed by atoms with van der Waals surface area (Å²) in [6.07, 6.45) is 4.31. The van der Waals surface area contributed by atoms with E-state index in [2.05, 4.69) is 49.8 Å². The van der Waals surface area contributed by atoms with Crippen LogP contribution in [-0.2, 0) is 6.54 Å². The van der Waals surface area contributed by atoms with Crippen LogP contribution in [0.25, 0.3) is 27.8 Å². The number of aromatic nitrogens is 4. The number of fused-ring (bicyclic) bond motifs is 1. The third kappa shape index (κ3) is 7.09. The highest BCUT2D eigenvalue weighted by molar-refractivity contribution is 5.92. The van der Waals surface area contributed by atoms with Gasteiger partial charge in [-0.05, 0) is 99.1 Å². The van der Waals surface area contributed by atoms with Gasteiger partial charge in [-0.15, -0.1) is 0 Å². The van der Waals surface area contributed by atoms with Crippen LogP contribution in [0.2, 0.25) is 0 Å². The summed E-state index contributed by atoms with van der Waals surface area (Å²) in [6, 6.07) is 22.0. The Morgan fingerprint density at radius 2 is 1.73 bits per heavy atom. The Morgan fingerprint density at radius 3 is 2.53 bits per heavy atom. The molecule has 2 aromatic carbocycles. The fourth-order valence-electron chi connectivity index (χ4n) is 7.09. The summed E-state index contributed by atoms with van der Waals surface area (Å²) >= 11 is 0. The average Bonchev–Trinajstić information content (AvgIpc) is 3.38. The van der Waals surface area contributed by atoms with Gasteiger partial charge < -0.3 is 10.6 Å². The van der Waals surface area contributed by atoms with E-state index in [0.29, 0.717) is 37.1 Å². The predicted octanol–water partition coefficient (Wildman–Crippen LogP) is 4.77. The Hall–Kier alpha value is -5.00. The molecule has 252 valence electrons. The van der Waals surface area contributed by atoms with E-state index in [1.807, 2.05) is 31.2 Å². The number of hydrogen-bond acceptors (Lipinski definition) is 7. The molecule has 1 aliphatic heterocycles. The molecule has 1 saturated heterocycles. The molecule has 11 heteroatoms. The van der Waals surface area contributed by atoms with Crippen LogP contribution in [0, 0.1) is 12.7 Å². The lowest BCUT2D eigenvalue weighted by molar-refractivity contribution is 0.0916. The molecule has 0 radical (unpaired) electrons. The molecule has 0 unspecified atom stereocenters. The highest BCUT2D eigenvalue weighted by atomic mass is 19.1. The minimum Gasteiger partial charge on any atom is -0.348 e. The Balaban J connectivity index is 1.16. The van der Waals surface area contributed by atoms with Crippen molar-refractivity contribution in [3.05, 3.63) is 123 Å². The maximum atomic E-state index is 14.5. The molecule has 0 bridgehead atoms. The lowest BCUT2D eigenvalue weighted by Gasteiger charge is -2.30. The summed E-state index contributed by atoms with van der Waals surface area (Å²) in [7, 11) is 0. The number of pyridine rings is 2. The van der Waals surface area contributed by atoms with Gasteiger partial charge in [-0.2, -0.15) is 0 Å². The predicted molar refractivity (Wildman–Crippen MR) is 187 cm³/mol. The first-order valence-corrected chi connectivity index (χ1v) is 17.0. The molecule has 2 N–H and O–H groups in total. The Kier molecular flexibility index (Phi) is 9.45. The lowest BCUT2D eigenvalue weighted by Crippen LogP contribution is -2.45. The van der Waals surface area contributed by atoms with Crippen molar-refractivity contribution in [3.8, 4) is 16.8 Å². The first-order chi connectivity index (χ1) is 23.8. The third-order valence-corrected chi connectivity index (χ3v) is 9.64. The fourth-order valence-corrected chi connectivity index (χ4v) is 7.09. The van der Waals surface area contributed by atoms with Gasteiger partial charge in [-0.1, -0.05) is 42.5 Å². The third-order valence-electron chi connectivity index (χ3n) is 9.64. The quantitative estimate of drug-likeness (QED) is 0.259. The second kappa shape index (κ2) is 14.2. The summed E-state index contributed by atoms with van der Waals surface area (Å²) in [6.45, 7) is 6.88. The van der Waals surface area contributed by atoms with Gasteiger partial charge in [-0.25, -0.2) is 23.7 Å². The minimum absolute atomic E-state index is 0.0408. The lowest BCUT2D eigenvalue weighted by atomic mass is 9.90. The van der Waals surface area contributed by atoms with Gasteiger partial charge in [0.05, 0.1) is 17.3 Å². The zero-order valence-corrected chi connectivity index (χ0v) is 27.6. The van der Waals surface area contributed by atoms with Crippen LogP contribution < -0.4 is 21.9 Å². The summed E-state index contributed by atoms with van der Waals surface area (Å²) < 4.78 is 17.2. The second-order valence-electron chi connectivity index (χ2n) is 13.1. The average molecular weight is 662 g/mol. The molecule has 1 amide bonds. The molecule has 0 spiro atoms. The van der Waals surface area contributed by atoms with Gasteiger partial charge in [0.1, 0.15) is 11.5 Å². The summed E-state index contributed by atoms with van der Waals surface area (Å²) in [5.41, 5.74) is 3.81. The number of nitrogens with one attached hydrogen (secondary N) is 2. The molecular formula is C38H40FN7O3. The second-order valence-corrected chi connectivity index (χ2v) is 13.1. The summed E-state index contributed by atoms with van der Waals surface area (Å²) in [4.78, 5) is 51.9. The van der Waals surface area contributed by atoms with Gasteiger partial charge in [0.25, 0.3) is 11.5 Å². The van der Waals surface area contributed by atoms with E-state index in [4.69, 9.17) is 0 Å². The monoisotopic (exact) mass is 661 g/mol. The van der Waals surface area contributed by atoms with Crippen LogP contribution in [0.4, 0.5) is 4.39 Å². The Labute approximate surface area is 283 Å². The van der Waals surface area contributed by atoms with E-state index in [1.54, 1.807) is 18.2 Å². The number of hydrogen-bond donors (Lipinski definition) is 2. The maximum Gasteiger partial charge on any atom is 0.337 e. The van der Waals surface area contributed by atoms with E-state index in [9.17, 15) is 18.8 Å². The van der Waals surface area contributed by atoms with Crippen LogP contribution >= 0.6 is 0 Å². The zero-order valence-electron chi connectivity index (χ0n) is 27.6. The molecule has 0 atom stereocenters. The number of nitrogens with zero attached hydrogens (tertiary/aromatic N) is 5. The summed E-state index contributed by atoms with van der Waals surface area (Å²) in [5, 5.41) is 6.54. The molecule has 5 aromatic rings. The van der Waals surface area contributed by atoms with Crippen LogP contribution in [0.15, 0.2) is 88.6 Å². The molecule has 1 aliphatic carbocycles. The van der Waals surface area contributed by atoms with Crippen LogP contribution in [0.1, 0.15) is 59.9 Å². The topological polar surface area (TPSA) is 114 Å². The number of amides is 1. The number of rotatable bonds is 7. The highest BCUT2D eigenvalue weighted by Gasteiger charge is 2.28. The molecule has 2 fully saturated rings. The van der Waals surface area contributed by atoms with Crippen molar-refractivity contribution in [1.29, 1.82) is 0 Å². The smallest absolute Gasteiger partial charge is 0.337 e. The molecule has 2 aliphatic rings. The van der Waals surface area contributed by atoms with Gasteiger partial charge in [0.15, 0.2) is 5.65 Å². The van der Waals surface area contributed by atoms with Gasteiger partial charge in [-0.3, -0.25) is 19.1 Å². The maximum absolute atomic E-state index is 14.5. The van der Waals surface area contributed by atoms with Crippen molar-refractivity contribution in [2.24, 2.45) is 0 Å². The standard InChI is InChI=1S/C38H40FN7O3/c1-25-5-2-8-34(42-25)36(47)43-30-13-15-31(16-14-30)46-37(48)33-22-29(39)23-41-35(33)45(38(46)49)32-7-3-6-28(21-32)27-11-9-26(10-12-27)24-44-19-4-17-40-18-20-44/h2-3,5-12,21-23,30-31,40H,4,13-20,24H2,1H3,(H,43,47)/t30-,31+. The zero-order chi connectivity index (χ0) is 33.9. The Bertz CT molecular complexity index is 2090. The minimum atomic E-state index is -0.650. The highest BCUT2D eigenvalue weighted by Crippen LogP contribution is 2.28. The number of halogens is 1. The van der Waals surface area contributed by atoms with Crippen LogP contribution in [0.5, 0.6) is 0 Å². The first kappa shape index (κ1) is 32.5. The summed E-state index contributed by atoms with van der Waals surface area (Å²) in [5.74, 6) is -0.897. The van der Waals surface area contributed by atoms with Crippen LogP contribution in [0.3, 0.4) is 0 Å². The SMILES string of the molecule is Cc1cccc(C(=O)N[C@H]2CC[C@@H](n3c(=O)c4cc(F)cnc4n(-c4cccc(-c5ccc(CN6CCCNCC6)cc5)c4)c3=O)CC2)n1. The number of carbonyl (C=O) groups excluding carboxylic acids is 1. The molecule has 1 saturated carbocycles. The van der Waals surface area contributed by atoms with E-state index in [-0.39, 0.29) is 23.0 Å². The van der Waals surface area contributed by atoms with E-state index in [0.717, 1.165) is 68.2 Å². The first-order valence-electron chi connectivity index (χ1n) is 17.0. The van der Waals surface area contributed by atoms with Crippen molar-refractivity contribution in [2.75, 3.05) is 26.2 Å². The van der Waals surface area contributed by atoms with Gasteiger partial charge in [0, 0.05) is 37.4 Å².